The molecule has 3 nitrogen and oxygen atoms in total. The summed E-state index contributed by atoms with van der Waals surface area (Å²) >= 11 is 2.00. The van der Waals surface area contributed by atoms with Crippen molar-refractivity contribution in [2.24, 2.45) is 0 Å². The number of para-hydroxylation sites is 1. The third-order valence-corrected chi connectivity index (χ3v) is 5.47. The minimum atomic E-state index is -0.405. The molecule has 22 heavy (non-hydrogen) atoms. The smallest absolute Gasteiger partial charge is 0.261 e. The lowest BCUT2D eigenvalue weighted by Gasteiger charge is -2.18. The normalized spacial score (nSPS) is 16.5. The lowest BCUT2D eigenvalue weighted by Crippen LogP contribution is -2.39. The first-order chi connectivity index (χ1) is 10.7. The summed E-state index contributed by atoms with van der Waals surface area (Å²) in [6, 6.07) is 7.83. The second-order valence-electron chi connectivity index (χ2n) is 5.85. The van der Waals surface area contributed by atoms with Crippen molar-refractivity contribution >= 4 is 17.7 Å². The molecule has 0 aromatic heterocycles. The molecule has 1 N–H and O–H groups in total. The fourth-order valence-electron chi connectivity index (χ4n) is 2.73. The molecule has 0 unspecified atom stereocenters. The van der Waals surface area contributed by atoms with Gasteiger partial charge in [0.1, 0.15) is 5.75 Å². The van der Waals surface area contributed by atoms with Gasteiger partial charge in [0.05, 0.1) is 0 Å². The van der Waals surface area contributed by atoms with E-state index in [1.807, 2.05) is 49.9 Å². The molecule has 1 aromatic rings. The fourth-order valence-corrected chi connectivity index (χ4v) is 3.95. The Morgan fingerprint density at radius 2 is 2.09 bits per heavy atom. The van der Waals surface area contributed by atoms with Crippen molar-refractivity contribution in [3.8, 4) is 5.75 Å². The van der Waals surface area contributed by atoms with Gasteiger partial charge in [0.2, 0.25) is 0 Å². The molecular weight excluding hydrogens is 294 g/mol. The molecule has 1 saturated carbocycles. The van der Waals surface area contributed by atoms with Gasteiger partial charge in [-0.1, -0.05) is 38.0 Å². The first kappa shape index (κ1) is 17.2. The average Bonchev–Trinajstić information content (AvgIpc) is 3.04. The minimum absolute atomic E-state index is 0.00206. The predicted octanol–water partition coefficient (Wildman–Crippen LogP) is 3.94. The highest BCUT2D eigenvalue weighted by Gasteiger charge is 2.19. The van der Waals surface area contributed by atoms with Crippen LogP contribution in [0.2, 0.25) is 0 Å². The summed E-state index contributed by atoms with van der Waals surface area (Å²) in [6.07, 6.45) is 5.69. The number of rotatable bonds is 8. The number of carbonyl (C=O) groups excluding carboxylic acids is 1. The Labute approximate surface area is 138 Å². The van der Waals surface area contributed by atoms with Gasteiger partial charge in [-0.25, -0.2) is 0 Å². The van der Waals surface area contributed by atoms with Gasteiger partial charge in [-0.15, -0.1) is 0 Å². The van der Waals surface area contributed by atoms with Gasteiger partial charge in [0.25, 0.3) is 5.91 Å². The first-order valence-electron chi connectivity index (χ1n) is 8.32. The number of aryl methyl sites for hydroxylation is 1. The zero-order valence-corrected chi connectivity index (χ0v) is 14.5. The summed E-state index contributed by atoms with van der Waals surface area (Å²) in [5.74, 6) is 1.79. The summed E-state index contributed by atoms with van der Waals surface area (Å²) in [7, 11) is 0. The van der Waals surface area contributed by atoms with E-state index < -0.39 is 6.10 Å². The largest absolute Gasteiger partial charge is 0.480 e. The van der Waals surface area contributed by atoms with Crippen molar-refractivity contribution in [3.05, 3.63) is 29.8 Å². The highest BCUT2D eigenvalue weighted by molar-refractivity contribution is 7.99. The van der Waals surface area contributed by atoms with Crippen molar-refractivity contribution < 1.29 is 9.53 Å². The molecule has 0 heterocycles. The predicted molar refractivity (Wildman–Crippen MR) is 93.6 cm³/mol. The molecule has 1 fully saturated rings. The van der Waals surface area contributed by atoms with Gasteiger partial charge in [-0.05, 0) is 37.8 Å². The van der Waals surface area contributed by atoms with Crippen molar-refractivity contribution in [3.63, 3.8) is 0 Å². The zero-order valence-electron chi connectivity index (χ0n) is 13.6. The van der Waals surface area contributed by atoms with Crippen LogP contribution in [0.5, 0.6) is 5.75 Å². The average molecular weight is 321 g/mol. The van der Waals surface area contributed by atoms with Gasteiger partial charge in [0, 0.05) is 17.5 Å². The van der Waals surface area contributed by atoms with E-state index in [1.54, 1.807) is 0 Å². The molecule has 0 radical (unpaired) electrons. The van der Waals surface area contributed by atoms with Crippen LogP contribution >= 0.6 is 11.8 Å². The number of hydrogen-bond donors (Lipinski definition) is 1. The standard InChI is InChI=1S/C18H27NO2S/c1-3-16(21-17-11-7-4-8-14(17)2)18(20)19-12-13-22-15-9-5-6-10-15/h4,7-8,11,15-16H,3,5-6,9-10,12-13H2,1-2H3,(H,19,20)/t16-/m1/s1. The molecule has 122 valence electrons. The molecule has 0 spiro atoms. The summed E-state index contributed by atoms with van der Waals surface area (Å²) in [6.45, 7) is 4.71. The summed E-state index contributed by atoms with van der Waals surface area (Å²) < 4.78 is 5.87. The van der Waals surface area contributed by atoms with E-state index >= 15 is 0 Å². The number of ether oxygens (including phenoxy) is 1. The Bertz CT molecular complexity index is 472. The third kappa shape index (κ3) is 5.24. The number of thioether (sulfide) groups is 1. The fraction of sp³-hybridized carbons (Fsp3) is 0.611. The molecular formula is C18H27NO2S. The van der Waals surface area contributed by atoms with Gasteiger partial charge < -0.3 is 10.1 Å². The number of carbonyl (C=O) groups is 1. The van der Waals surface area contributed by atoms with Gasteiger partial charge in [0.15, 0.2) is 6.10 Å². The van der Waals surface area contributed by atoms with Crippen LogP contribution in [0.1, 0.15) is 44.6 Å². The van der Waals surface area contributed by atoms with Crippen LogP contribution in [-0.4, -0.2) is 29.6 Å². The number of hydrogen-bond acceptors (Lipinski definition) is 3. The Morgan fingerprint density at radius 1 is 1.36 bits per heavy atom. The molecule has 1 aliphatic carbocycles. The van der Waals surface area contributed by atoms with E-state index in [0.29, 0.717) is 6.42 Å². The molecule has 1 atom stereocenters. The maximum atomic E-state index is 12.2. The van der Waals surface area contributed by atoms with Gasteiger partial charge in [-0.2, -0.15) is 11.8 Å². The monoisotopic (exact) mass is 321 g/mol. The SMILES string of the molecule is CC[C@@H](Oc1ccccc1C)C(=O)NCCSC1CCCC1. The molecule has 1 aliphatic rings. The third-order valence-electron chi connectivity index (χ3n) is 4.08. The van der Waals surface area contributed by atoms with Gasteiger partial charge in [-0.3, -0.25) is 4.79 Å². The van der Waals surface area contributed by atoms with E-state index in [1.165, 1.54) is 25.7 Å². The summed E-state index contributed by atoms with van der Waals surface area (Å²) in [5.41, 5.74) is 1.06. The Morgan fingerprint density at radius 3 is 2.77 bits per heavy atom. The Balaban J connectivity index is 1.73. The molecule has 1 aromatic carbocycles. The number of amides is 1. The van der Waals surface area contributed by atoms with Crippen LogP contribution < -0.4 is 10.1 Å². The van der Waals surface area contributed by atoms with Crippen molar-refractivity contribution in [2.75, 3.05) is 12.3 Å². The lowest BCUT2D eigenvalue weighted by atomic mass is 10.2. The van der Waals surface area contributed by atoms with Crippen molar-refractivity contribution in [1.29, 1.82) is 0 Å². The second-order valence-corrected chi connectivity index (χ2v) is 7.26. The first-order valence-corrected chi connectivity index (χ1v) is 9.37. The Hall–Kier alpha value is -1.16. The highest BCUT2D eigenvalue weighted by Crippen LogP contribution is 2.28. The van der Waals surface area contributed by atoms with Crippen LogP contribution in [0.15, 0.2) is 24.3 Å². The minimum Gasteiger partial charge on any atom is -0.480 e. The van der Waals surface area contributed by atoms with Crippen molar-refractivity contribution in [1.82, 2.24) is 5.32 Å². The quantitative estimate of drug-likeness (QED) is 0.737. The maximum Gasteiger partial charge on any atom is 0.261 e. The number of nitrogens with one attached hydrogen (secondary N) is 1. The van der Waals surface area contributed by atoms with Crippen LogP contribution in [0.3, 0.4) is 0 Å². The van der Waals surface area contributed by atoms with Crippen LogP contribution in [0.25, 0.3) is 0 Å². The van der Waals surface area contributed by atoms with E-state index in [0.717, 1.165) is 28.9 Å². The van der Waals surface area contributed by atoms with E-state index in [-0.39, 0.29) is 5.91 Å². The zero-order chi connectivity index (χ0) is 15.8. The summed E-state index contributed by atoms with van der Waals surface area (Å²) in [4.78, 5) is 12.2. The molecule has 0 saturated heterocycles. The van der Waals surface area contributed by atoms with Crippen LogP contribution in [0.4, 0.5) is 0 Å². The maximum absolute atomic E-state index is 12.2. The highest BCUT2D eigenvalue weighted by atomic mass is 32.2. The van der Waals surface area contributed by atoms with E-state index in [2.05, 4.69) is 5.32 Å². The van der Waals surface area contributed by atoms with Gasteiger partial charge >= 0.3 is 0 Å². The van der Waals surface area contributed by atoms with Crippen LogP contribution in [0, 0.1) is 6.92 Å². The molecule has 0 aliphatic heterocycles. The lowest BCUT2D eigenvalue weighted by molar-refractivity contribution is -0.128. The topological polar surface area (TPSA) is 38.3 Å². The Kier molecular flexibility index (Phi) is 7.10. The van der Waals surface area contributed by atoms with Crippen LogP contribution in [-0.2, 0) is 4.79 Å². The number of benzene rings is 1. The second kappa shape index (κ2) is 9.09. The molecule has 2 rings (SSSR count). The van der Waals surface area contributed by atoms with E-state index in [4.69, 9.17) is 4.74 Å². The summed E-state index contributed by atoms with van der Waals surface area (Å²) in [5, 5.41) is 3.82. The van der Waals surface area contributed by atoms with E-state index in [9.17, 15) is 4.79 Å². The van der Waals surface area contributed by atoms with Crippen molar-refractivity contribution in [2.45, 2.75) is 57.3 Å². The molecule has 1 amide bonds. The molecule has 0 bridgehead atoms. The molecule has 4 heteroatoms.